The van der Waals surface area contributed by atoms with E-state index in [0.717, 1.165) is 12.0 Å². The Morgan fingerprint density at radius 1 is 1.38 bits per heavy atom. The highest BCUT2D eigenvalue weighted by Crippen LogP contribution is 2.28. The molecule has 0 saturated heterocycles. The van der Waals surface area contributed by atoms with Crippen molar-refractivity contribution in [3.63, 3.8) is 0 Å². The van der Waals surface area contributed by atoms with E-state index < -0.39 is 0 Å². The summed E-state index contributed by atoms with van der Waals surface area (Å²) in [6.45, 7) is 1.77. The zero-order chi connectivity index (χ0) is 9.84. The number of hydrogen-bond acceptors (Lipinski definition) is 3. The number of carbonyl (C=O) groups excluding carboxylic acids is 1. The van der Waals surface area contributed by atoms with Crippen molar-refractivity contribution in [3.05, 3.63) is 11.1 Å². The number of Topliss-reactive ketones (excluding diaryl/α,β-unsaturated/α-hetero) is 1. The normalized spacial score (nSPS) is 21.9. The average Bonchev–Trinajstić information content (AvgIpc) is 2.14. The van der Waals surface area contributed by atoms with Crippen LogP contribution in [0, 0.1) is 28.6 Å². The zero-order valence-electron chi connectivity index (χ0n) is 7.50. The number of ketones is 1. The highest BCUT2D eigenvalue weighted by molar-refractivity contribution is 5.85. The second-order valence-electron chi connectivity index (χ2n) is 3.17. The first kappa shape index (κ1) is 9.48. The number of hydrogen-bond donors (Lipinski definition) is 0. The lowest BCUT2D eigenvalue weighted by Gasteiger charge is -2.20. The highest BCUT2D eigenvalue weighted by atomic mass is 16.1. The van der Waals surface area contributed by atoms with Crippen LogP contribution in [0.5, 0.6) is 0 Å². The molecule has 1 aliphatic carbocycles. The molecular weight excluding hydrogens is 164 g/mol. The molecule has 13 heavy (non-hydrogen) atoms. The quantitative estimate of drug-likeness (QED) is 0.525. The minimum Gasteiger partial charge on any atom is -0.299 e. The lowest BCUT2D eigenvalue weighted by molar-refractivity contribution is -0.122. The van der Waals surface area contributed by atoms with Crippen molar-refractivity contribution < 1.29 is 4.79 Å². The Kier molecular flexibility index (Phi) is 2.82. The van der Waals surface area contributed by atoms with Gasteiger partial charge in [-0.3, -0.25) is 4.79 Å². The van der Waals surface area contributed by atoms with Gasteiger partial charge in [0.1, 0.15) is 23.5 Å². The molecule has 0 aliphatic heterocycles. The number of nitriles is 2. The maximum absolute atomic E-state index is 11.3. The minimum atomic E-state index is -0.233. The van der Waals surface area contributed by atoms with Crippen molar-refractivity contribution in [2.24, 2.45) is 5.92 Å². The molecule has 1 aliphatic rings. The first-order chi connectivity index (χ1) is 6.20. The maximum atomic E-state index is 11.3. The van der Waals surface area contributed by atoms with Gasteiger partial charge in [-0.15, -0.1) is 0 Å². The molecule has 0 N–H and O–H groups in total. The summed E-state index contributed by atoms with van der Waals surface area (Å²) >= 11 is 0. The largest absolute Gasteiger partial charge is 0.299 e. The fourth-order valence-corrected chi connectivity index (χ4v) is 1.59. The smallest absolute Gasteiger partial charge is 0.139 e. The van der Waals surface area contributed by atoms with E-state index in [9.17, 15) is 4.79 Å². The van der Waals surface area contributed by atoms with E-state index in [4.69, 9.17) is 10.5 Å². The van der Waals surface area contributed by atoms with Crippen LogP contribution in [0.3, 0.4) is 0 Å². The summed E-state index contributed by atoms with van der Waals surface area (Å²) in [5, 5.41) is 17.3. The van der Waals surface area contributed by atoms with Gasteiger partial charge in [0.05, 0.1) is 0 Å². The first-order valence-corrected chi connectivity index (χ1v) is 4.26. The van der Waals surface area contributed by atoms with Crippen LogP contribution in [0.15, 0.2) is 11.1 Å². The lowest BCUT2D eigenvalue weighted by Crippen LogP contribution is -2.19. The number of carbonyl (C=O) groups is 1. The van der Waals surface area contributed by atoms with Crippen LogP contribution in [0.4, 0.5) is 0 Å². The summed E-state index contributed by atoms with van der Waals surface area (Å²) in [7, 11) is 0. The summed E-state index contributed by atoms with van der Waals surface area (Å²) in [5.41, 5.74) is 0.849. The number of rotatable bonds is 0. The van der Waals surface area contributed by atoms with Gasteiger partial charge in [0.15, 0.2) is 0 Å². The third-order valence-corrected chi connectivity index (χ3v) is 2.42. The molecule has 66 valence electrons. The van der Waals surface area contributed by atoms with E-state index in [-0.39, 0.29) is 17.3 Å². The van der Waals surface area contributed by atoms with Crippen molar-refractivity contribution >= 4 is 5.78 Å². The van der Waals surface area contributed by atoms with Crippen LogP contribution in [0.1, 0.15) is 26.2 Å². The van der Waals surface area contributed by atoms with Crippen LogP contribution < -0.4 is 0 Å². The molecular formula is C10H10N2O. The predicted octanol–water partition coefficient (Wildman–Crippen LogP) is 1.72. The van der Waals surface area contributed by atoms with Crippen molar-refractivity contribution in [1.82, 2.24) is 0 Å². The molecule has 0 aromatic carbocycles. The van der Waals surface area contributed by atoms with Gasteiger partial charge >= 0.3 is 0 Å². The summed E-state index contributed by atoms with van der Waals surface area (Å²) in [5.74, 6) is -0.0905. The molecule has 1 fully saturated rings. The van der Waals surface area contributed by atoms with Crippen LogP contribution in [-0.4, -0.2) is 5.78 Å². The van der Waals surface area contributed by atoms with Crippen LogP contribution in [0.2, 0.25) is 0 Å². The number of nitrogens with zero attached hydrogens (tertiary/aromatic N) is 2. The second-order valence-corrected chi connectivity index (χ2v) is 3.17. The molecule has 0 bridgehead atoms. The van der Waals surface area contributed by atoms with Gasteiger partial charge in [-0.2, -0.15) is 10.5 Å². The Labute approximate surface area is 77.3 Å². The van der Waals surface area contributed by atoms with Crippen molar-refractivity contribution in [3.8, 4) is 12.1 Å². The molecule has 1 unspecified atom stereocenters. The van der Waals surface area contributed by atoms with Crippen molar-refractivity contribution in [1.29, 1.82) is 10.5 Å². The minimum absolute atomic E-state index is 0.126. The second kappa shape index (κ2) is 3.87. The molecule has 3 heteroatoms. The van der Waals surface area contributed by atoms with Crippen molar-refractivity contribution in [2.75, 3.05) is 0 Å². The third kappa shape index (κ3) is 1.76. The van der Waals surface area contributed by atoms with Gasteiger partial charge in [-0.25, -0.2) is 0 Å². The predicted molar refractivity (Wildman–Crippen MR) is 46.3 cm³/mol. The van der Waals surface area contributed by atoms with Gasteiger partial charge < -0.3 is 0 Å². The first-order valence-electron chi connectivity index (χ1n) is 4.26. The average molecular weight is 174 g/mol. The van der Waals surface area contributed by atoms with E-state index >= 15 is 0 Å². The van der Waals surface area contributed by atoms with Gasteiger partial charge in [0.25, 0.3) is 0 Å². The van der Waals surface area contributed by atoms with Gasteiger partial charge in [0.2, 0.25) is 0 Å². The Morgan fingerprint density at radius 2 is 2.00 bits per heavy atom. The molecule has 1 saturated carbocycles. The Bertz CT molecular complexity index is 325. The fraction of sp³-hybridized carbons (Fsp3) is 0.500. The molecule has 0 aromatic heterocycles. The molecule has 1 atom stereocenters. The Balaban J connectivity index is 3.05. The van der Waals surface area contributed by atoms with Crippen molar-refractivity contribution in [2.45, 2.75) is 26.2 Å². The molecule has 3 nitrogen and oxygen atoms in total. The zero-order valence-corrected chi connectivity index (χ0v) is 7.50. The summed E-state index contributed by atoms with van der Waals surface area (Å²) in [6, 6.07) is 3.68. The summed E-state index contributed by atoms with van der Waals surface area (Å²) in [4.78, 5) is 11.3. The lowest BCUT2D eigenvalue weighted by atomic mass is 9.82. The van der Waals surface area contributed by atoms with E-state index in [0.29, 0.717) is 12.8 Å². The topological polar surface area (TPSA) is 64.7 Å². The maximum Gasteiger partial charge on any atom is 0.139 e. The fourth-order valence-electron chi connectivity index (χ4n) is 1.59. The summed E-state index contributed by atoms with van der Waals surface area (Å²) < 4.78 is 0. The summed E-state index contributed by atoms with van der Waals surface area (Å²) in [6.07, 6.45) is 2.06. The highest BCUT2D eigenvalue weighted by Gasteiger charge is 2.25. The van der Waals surface area contributed by atoms with E-state index in [1.165, 1.54) is 0 Å². The molecule has 0 heterocycles. The van der Waals surface area contributed by atoms with Crippen LogP contribution in [-0.2, 0) is 4.79 Å². The van der Waals surface area contributed by atoms with E-state index in [1.54, 1.807) is 6.92 Å². The molecule has 0 radical (unpaired) electrons. The van der Waals surface area contributed by atoms with Crippen LogP contribution >= 0.6 is 0 Å². The van der Waals surface area contributed by atoms with Crippen LogP contribution in [0.25, 0.3) is 0 Å². The van der Waals surface area contributed by atoms with Gasteiger partial charge in [0, 0.05) is 12.3 Å². The standard InChI is InChI=1S/C10H10N2O/c1-7-9(8(5-11)6-12)3-2-4-10(7)13/h7H,2-4H2,1H3. The van der Waals surface area contributed by atoms with Gasteiger partial charge in [-0.1, -0.05) is 6.92 Å². The molecule has 0 aromatic rings. The molecule has 0 spiro atoms. The molecule has 0 amide bonds. The molecule has 1 rings (SSSR count). The Morgan fingerprint density at radius 3 is 2.54 bits per heavy atom. The SMILES string of the molecule is CC1C(=O)CCCC1=C(C#N)C#N. The van der Waals surface area contributed by atoms with E-state index in [2.05, 4.69) is 0 Å². The number of allylic oxidation sites excluding steroid dienone is 2. The van der Waals surface area contributed by atoms with Gasteiger partial charge in [-0.05, 0) is 18.4 Å². The van der Waals surface area contributed by atoms with E-state index in [1.807, 2.05) is 12.1 Å². The third-order valence-electron chi connectivity index (χ3n) is 2.42. The Hall–Kier alpha value is -1.61. The monoisotopic (exact) mass is 174 g/mol.